The summed E-state index contributed by atoms with van der Waals surface area (Å²) >= 11 is 0. The minimum absolute atomic E-state index is 0.0787. The first-order chi connectivity index (χ1) is 17.4. The van der Waals surface area contributed by atoms with Gasteiger partial charge in [0, 0.05) is 52.9 Å². The zero-order valence-electron chi connectivity index (χ0n) is 20.0. The van der Waals surface area contributed by atoms with Crippen LogP contribution in [0.2, 0.25) is 0 Å². The van der Waals surface area contributed by atoms with Gasteiger partial charge in [0.05, 0.1) is 5.56 Å². The van der Waals surface area contributed by atoms with Crippen LogP contribution in [0.3, 0.4) is 0 Å². The van der Waals surface area contributed by atoms with Crippen LogP contribution in [0.1, 0.15) is 44.8 Å². The number of hydrogen-bond donors (Lipinski definition) is 5. The molecule has 3 amide bonds. The number of aryl methyl sites for hydroxylation is 1. The second-order valence-corrected chi connectivity index (χ2v) is 9.32. The van der Waals surface area contributed by atoms with Crippen LogP contribution in [-0.4, -0.2) is 47.3 Å². The summed E-state index contributed by atoms with van der Waals surface area (Å²) in [6, 6.07) is 10.6. The molecule has 1 aromatic carbocycles. The molecule has 1 saturated heterocycles. The van der Waals surface area contributed by atoms with E-state index in [1.165, 1.54) is 6.08 Å². The second-order valence-electron chi connectivity index (χ2n) is 9.32. The number of fused-ring (bicyclic) bond motifs is 2. The zero-order valence-corrected chi connectivity index (χ0v) is 20.0. The molecule has 2 aromatic heterocycles. The van der Waals surface area contributed by atoms with Gasteiger partial charge in [-0.3, -0.25) is 14.4 Å². The van der Waals surface area contributed by atoms with Crippen LogP contribution in [0.15, 0.2) is 55.3 Å². The van der Waals surface area contributed by atoms with E-state index in [2.05, 4.69) is 37.8 Å². The number of benzene rings is 1. The number of nitrogens with one attached hydrogen (secondary N) is 5. The van der Waals surface area contributed by atoms with E-state index in [9.17, 15) is 14.4 Å². The van der Waals surface area contributed by atoms with E-state index < -0.39 is 0 Å². The van der Waals surface area contributed by atoms with Crippen LogP contribution in [0.25, 0.3) is 11.3 Å². The lowest BCUT2D eigenvalue weighted by Crippen LogP contribution is -2.54. The van der Waals surface area contributed by atoms with Crippen LogP contribution < -0.4 is 21.3 Å². The van der Waals surface area contributed by atoms with Crippen molar-refractivity contribution in [1.29, 1.82) is 0 Å². The van der Waals surface area contributed by atoms with Crippen molar-refractivity contribution in [3.8, 4) is 11.3 Å². The summed E-state index contributed by atoms with van der Waals surface area (Å²) in [6.45, 7) is 7.70. The highest BCUT2D eigenvalue weighted by atomic mass is 16.2. The Kier molecular flexibility index (Phi) is 6.15. The number of rotatable bonds is 5. The number of amides is 3. The van der Waals surface area contributed by atoms with E-state index in [1.807, 2.05) is 19.1 Å². The molecule has 2 aliphatic rings. The lowest BCUT2D eigenvalue weighted by atomic mass is 9.74. The van der Waals surface area contributed by atoms with E-state index in [0.29, 0.717) is 29.2 Å². The monoisotopic (exact) mass is 484 g/mol. The Morgan fingerprint density at radius 3 is 2.78 bits per heavy atom. The summed E-state index contributed by atoms with van der Waals surface area (Å²) < 4.78 is 0. The molecule has 1 spiro atoms. The first-order valence-corrected chi connectivity index (χ1v) is 11.9. The topological polar surface area (TPSA) is 128 Å². The standard InChI is InChI=1S/C27H28N6O3/c1-3-23(34)31-20-11-18(6-5-16(20)2)25(35)33-22-12-17(7-10-29-22)21-13-19-24(32-21)27(15-30-26(19)36)8-4-9-28-14-27/h3,5-7,10-13,28,32H,1,4,8-9,14-15H2,2H3,(H,30,36)(H,31,34)(H,29,33,35). The molecule has 1 unspecified atom stereocenters. The molecule has 184 valence electrons. The van der Waals surface area contributed by atoms with Gasteiger partial charge in [-0.2, -0.15) is 0 Å². The van der Waals surface area contributed by atoms with Crippen LogP contribution >= 0.6 is 0 Å². The number of piperidine rings is 1. The highest BCUT2D eigenvalue weighted by Crippen LogP contribution is 2.37. The van der Waals surface area contributed by atoms with Crippen LogP contribution in [0.4, 0.5) is 11.5 Å². The number of carbonyl (C=O) groups is 3. The number of aromatic amines is 1. The van der Waals surface area contributed by atoms with Crippen molar-refractivity contribution in [2.45, 2.75) is 25.2 Å². The van der Waals surface area contributed by atoms with Crippen LogP contribution in [0, 0.1) is 6.92 Å². The molecule has 0 saturated carbocycles. The van der Waals surface area contributed by atoms with Gasteiger partial charge in [0.25, 0.3) is 11.8 Å². The molecular formula is C27H28N6O3. The maximum absolute atomic E-state index is 12.9. The fourth-order valence-corrected chi connectivity index (χ4v) is 4.91. The molecular weight excluding hydrogens is 456 g/mol. The van der Waals surface area contributed by atoms with Crippen molar-refractivity contribution in [3.05, 3.63) is 77.6 Å². The molecule has 9 heteroatoms. The van der Waals surface area contributed by atoms with Gasteiger partial charge in [-0.25, -0.2) is 4.98 Å². The summed E-state index contributed by atoms with van der Waals surface area (Å²) in [5, 5.41) is 12.0. The van der Waals surface area contributed by atoms with Crippen LogP contribution in [-0.2, 0) is 10.2 Å². The van der Waals surface area contributed by atoms with E-state index in [0.717, 1.165) is 48.4 Å². The van der Waals surface area contributed by atoms with E-state index in [-0.39, 0.29) is 23.1 Å². The molecule has 36 heavy (non-hydrogen) atoms. The lowest BCUT2D eigenvalue weighted by Gasteiger charge is -2.40. The van der Waals surface area contributed by atoms with Crippen molar-refractivity contribution in [2.75, 3.05) is 30.3 Å². The number of carbonyl (C=O) groups excluding carboxylic acids is 3. The average molecular weight is 485 g/mol. The Morgan fingerprint density at radius 2 is 2.00 bits per heavy atom. The fourth-order valence-electron chi connectivity index (χ4n) is 4.91. The van der Waals surface area contributed by atoms with E-state index in [4.69, 9.17) is 0 Å². The Hall–Kier alpha value is -4.24. The van der Waals surface area contributed by atoms with Crippen molar-refractivity contribution in [1.82, 2.24) is 20.6 Å². The summed E-state index contributed by atoms with van der Waals surface area (Å²) in [5.74, 6) is -0.407. The highest BCUT2D eigenvalue weighted by molar-refractivity contribution is 6.06. The van der Waals surface area contributed by atoms with Gasteiger partial charge in [0.2, 0.25) is 5.91 Å². The number of hydrogen-bond acceptors (Lipinski definition) is 5. The maximum atomic E-state index is 12.9. The molecule has 4 heterocycles. The number of nitrogens with zero attached hydrogens (tertiary/aromatic N) is 1. The number of anilines is 2. The Bertz CT molecular complexity index is 1370. The molecule has 3 aromatic rings. The fraction of sp³-hybridized carbons (Fsp3) is 0.259. The van der Waals surface area contributed by atoms with Gasteiger partial charge in [0.15, 0.2) is 0 Å². The van der Waals surface area contributed by atoms with Gasteiger partial charge in [0.1, 0.15) is 5.82 Å². The second kappa shape index (κ2) is 9.43. The van der Waals surface area contributed by atoms with Crippen molar-refractivity contribution in [2.24, 2.45) is 0 Å². The minimum Gasteiger partial charge on any atom is -0.357 e. The van der Waals surface area contributed by atoms with E-state index in [1.54, 1.807) is 30.5 Å². The molecule has 1 atom stereocenters. The molecule has 2 aliphatic heterocycles. The zero-order chi connectivity index (χ0) is 25.3. The third-order valence-corrected chi connectivity index (χ3v) is 6.91. The van der Waals surface area contributed by atoms with E-state index >= 15 is 0 Å². The molecule has 5 N–H and O–H groups in total. The van der Waals surface area contributed by atoms with Gasteiger partial charge >= 0.3 is 0 Å². The Balaban J connectivity index is 1.39. The molecule has 1 fully saturated rings. The molecule has 9 nitrogen and oxygen atoms in total. The number of H-pyrrole nitrogens is 1. The number of aromatic nitrogens is 2. The minimum atomic E-state index is -0.355. The van der Waals surface area contributed by atoms with Crippen molar-refractivity contribution < 1.29 is 14.4 Å². The Morgan fingerprint density at radius 1 is 1.14 bits per heavy atom. The Labute approximate surface area is 208 Å². The van der Waals surface area contributed by atoms with Crippen molar-refractivity contribution >= 4 is 29.2 Å². The van der Waals surface area contributed by atoms with Gasteiger partial charge < -0.3 is 26.3 Å². The predicted octanol–water partition coefficient (Wildman–Crippen LogP) is 3.13. The van der Waals surface area contributed by atoms with Gasteiger partial charge in [-0.1, -0.05) is 12.6 Å². The third kappa shape index (κ3) is 4.40. The largest absolute Gasteiger partial charge is 0.357 e. The van der Waals surface area contributed by atoms with Gasteiger partial charge in [-0.15, -0.1) is 0 Å². The SMILES string of the molecule is C=CC(=O)Nc1cc(C(=O)Nc2cc(-c3cc4c([nH]3)C3(CCCNC3)CNC4=O)ccn2)ccc1C. The highest BCUT2D eigenvalue weighted by Gasteiger charge is 2.42. The summed E-state index contributed by atoms with van der Waals surface area (Å²) in [7, 11) is 0. The summed E-state index contributed by atoms with van der Waals surface area (Å²) in [4.78, 5) is 45.0. The molecule has 0 bridgehead atoms. The summed E-state index contributed by atoms with van der Waals surface area (Å²) in [5.41, 5.74) is 4.83. The predicted molar refractivity (Wildman–Crippen MR) is 138 cm³/mol. The maximum Gasteiger partial charge on any atom is 0.256 e. The molecule has 5 rings (SSSR count). The smallest absolute Gasteiger partial charge is 0.256 e. The quantitative estimate of drug-likeness (QED) is 0.356. The van der Waals surface area contributed by atoms with Crippen molar-refractivity contribution in [3.63, 3.8) is 0 Å². The molecule has 0 aliphatic carbocycles. The molecule has 0 radical (unpaired) electrons. The lowest BCUT2D eigenvalue weighted by molar-refractivity contribution is -0.111. The third-order valence-electron chi connectivity index (χ3n) is 6.91. The number of pyridine rings is 1. The summed E-state index contributed by atoms with van der Waals surface area (Å²) in [6.07, 6.45) is 4.84. The van der Waals surface area contributed by atoms with Crippen LogP contribution in [0.5, 0.6) is 0 Å². The normalized spacial score (nSPS) is 18.8. The first-order valence-electron chi connectivity index (χ1n) is 11.9. The first kappa shape index (κ1) is 23.5. The van der Waals surface area contributed by atoms with Gasteiger partial charge in [-0.05, 0) is 68.3 Å². The average Bonchev–Trinajstić information content (AvgIpc) is 3.36.